The molecule has 8 heteroatoms. The minimum atomic E-state index is -0.382. The molecule has 3 N–H and O–H groups in total. The summed E-state index contributed by atoms with van der Waals surface area (Å²) < 4.78 is 12.3. The monoisotopic (exact) mass is 482 g/mol. The molecule has 0 saturated heterocycles. The minimum Gasteiger partial charge on any atom is -0.490 e. The number of carbonyl (C=O) groups excluding carboxylic acids is 2. The summed E-state index contributed by atoms with van der Waals surface area (Å²) in [4.78, 5) is 27.7. The van der Waals surface area contributed by atoms with Crippen LogP contribution in [0.3, 0.4) is 0 Å². The maximum absolute atomic E-state index is 13.5. The molecule has 0 aromatic heterocycles. The molecule has 0 fully saturated rings. The second-order valence-electron chi connectivity index (χ2n) is 9.21. The fourth-order valence-electron chi connectivity index (χ4n) is 4.20. The number of benzene rings is 2. The number of likely N-dealkylation sites (N-methyl/N-ethyl adjacent to an activating group) is 1. The number of hydrogen-bond acceptors (Lipinski definition) is 5. The van der Waals surface area contributed by atoms with Crippen LogP contribution in [0.4, 0.5) is 16.2 Å². The summed E-state index contributed by atoms with van der Waals surface area (Å²) in [6, 6.07) is 14.0. The van der Waals surface area contributed by atoms with Crippen molar-refractivity contribution in [2.24, 2.45) is 5.92 Å². The van der Waals surface area contributed by atoms with Crippen LogP contribution in [0.2, 0.25) is 0 Å². The van der Waals surface area contributed by atoms with E-state index in [0.29, 0.717) is 35.8 Å². The first-order valence-corrected chi connectivity index (χ1v) is 12.3. The van der Waals surface area contributed by atoms with Gasteiger partial charge in [0, 0.05) is 44.0 Å². The van der Waals surface area contributed by atoms with E-state index in [4.69, 9.17) is 9.47 Å². The Morgan fingerprint density at radius 1 is 1.06 bits per heavy atom. The number of anilines is 2. The Balaban J connectivity index is 1.82. The molecule has 0 saturated carbocycles. The number of fused-ring (bicyclic) bond motifs is 1. The van der Waals surface area contributed by atoms with Crippen molar-refractivity contribution in [1.29, 1.82) is 0 Å². The number of rotatable bonds is 4. The summed E-state index contributed by atoms with van der Waals surface area (Å²) in [5.41, 5.74) is 1.62. The van der Waals surface area contributed by atoms with Gasteiger partial charge in [0.05, 0.1) is 17.8 Å². The third-order valence-electron chi connectivity index (χ3n) is 6.11. The second kappa shape index (κ2) is 13.1. The van der Waals surface area contributed by atoms with Crippen molar-refractivity contribution >= 4 is 23.3 Å². The molecular formula is C27H38N4O4. The van der Waals surface area contributed by atoms with Gasteiger partial charge >= 0.3 is 6.03 Å². The van der Waals surface area contributed by atoms with Crippen LogP contribution in [0.1, 0.15) is 43.5 Å². The number of nitrogens with zero attached hydrogens (tertiary/aromatic N) is 1. The van der Waals surface area contributed by atoms with Crippen molar-refractivity contribution in [3.05, 3.63) is 54.1 Å². The van der Waals surface area contributed by atoms with E-state index >= 15 is 0 Å². The van der Waals surface area contributed by atoms with E-state index in [-0.39, 0.29) is 30.1 Å². The summed E-state index contributed by atoms with van der Waals surface area (Å²) in [5, 5.41) is 8.81. The fraction of sp³-hybridized carbons (Fsp3) is 0.481. The summed E-state index contributed by atoms with van der Waals surface area (Å²) in [7, 11) is 3.70. The molecule has 190 valence electrons. The maximum Gasteiger partial charge on any atom is 0.323 e. The van der Waals surface area contributed by atoms with Crippen molar-refractivity contribution in [3.8, 4) is 5.75 Å². The molecule has 0 spiro atoms. The number of urea groups is 1. The van der Waals surface area contributed by atoms with Crippen molar-refractivity contribution in [2.45, 2.75) is 45.3 Å². The SMILES string of the molecule is CNC[C@@H]1OCCCC[C@H](C)Oc2ccc(NC(=O)Nc3ccccc3)cc2C(=O)N(C)C[C@H]1C. The smallest absolute Gasteiger partial charge is 0.323 e. The summed E-state index contributed by atoms with van der Waals surface area (Å²) >= 11 is 0. The first-order chi connectivity index (χ1) is 16.9. The quantitative estimate of drug-likeness (QED) is 0.593. The van der Waals surface area contributed by atoms with Gasteiger partial charge in [-0.2, -0.15) is 0 Å². The van der Waals surface area contributed by atoms with Crippen LogP contribution < -0.4 is 20.7 Å². The highest BCUT2D eigenvalue weighted by Crippen LogP contribution is 2.27. The van der Waals surface area contributed by atoms with Gasteiger partial charge in [-0.1, -0.05) is 25.1 Å². The van der Waals surface area contributed by atoms with E-state index in [1.165, 1.54) is 0 Å². The molecule has 2 aromatic rings. The molecule has 1 aliphatic rings. The Bertz CT molecular complexity index is 969. The van der Waals surface area contributed by atoms with Crippen LogP contribution in [0.25, 0.3) is 0 Å². The van der Waals surface area contributed by atoms with Gasteiger partial charge in [0.25, 0.3) is 5.91 Å². The highest BCUT2D eigenvalue weighted by atomic mass is 16.5. The van der Waals surface area contributed by atoms with Crippen LogP contribution in [0.5, 0.6) is 5.75 Å². The predicted octanol–water partition coefficient (Wildman–Crippen LogP) is 4.59. The van der Waals surface area contributed by atoms with Gasteiger partial charge in [-0.05, 0) is 63.6 Å². The van der Waals surface area contributed by atoms with E-state index in [2.05, 4.69) is 22.9 Å². The lowest BCUT2D eigenvalue weighted by Crippen LogP contribution is -2.40. The van der Waals surface area contributed by atoms with Gasteiger partial charge in [0.15, 0.2) is 0 Å². The van der Waals surface area contributed by atoms with Gasteiger partial charge in [0.2, 0.25) is 0 Å². The third-order valence-corrected chi connectivity index (χ3v) is 6.11. The van der Waals surface area contributed by atoms with Gasteiger partial charge in [0.1, 0.15) is 5.75 Å². The molecule has 3 rings (SSSR count). The van der Waals surface area contributed by atoms with Crippen molar-refractivity contribution < 1.29 is 19.1 Å². The number of ether oxygens (including phenoxy) is 2. The first kappa shape index (κ1) is 26.5. The van der Waals surface area contributed by atoms with Gasteiger partial charge in [-0.25, -0.2) is 4.79 Å². The van der Waals surface area contributed by atoms with Gasteiger partial charge in [-0.15, -0.1) is 0 Å². The molecule has 0 radical (unpaired) electrons. The molecule has 3 atom stereocenters. The average Bonchev–Trinajstić information content (AvgIpc) is 2.83. The third kappa shape index (κ3) is 7.97. The Morgan fingerprint density at radius 3 is 2.54 bits per heavy atom. The lowest BCUT2D eigenvalue weighted by atomic mass is 10.0. The number of para-hydroxylation sites is 1. The zero-order valence-corrected chi connectivity index (χ0v) is 21.2. The largest absolute Gasteiger partial charge is 0.490 e. The Hall–Kier alpha value is -3.10. The van der Waals surface area contributed by atoms with E-state index in [1.807, 2.05) is 44.3 Å². The molecule has 0 bridgehead atoms. The summed E-state index contributed by atoms with van der Waals surface area (Å²) in [6.07, 6.45) is 2.76. The van der Waals surface area contributed by atoms with E-state index in [0.717, 1.165) is 25.8 Å². The first-order valence-electron chi connectivity index (χ1n) is 12.3. The zero-order valence-electron chi connectivity index (χ0n) is 21.2. The molecule has 0 unspecified atom stereocenters. The number of hydrogen-bond donors (Lipinski definition) is 3. The topological polar surface area (TPSA) is 91.9 Å². The maximum atomic E-state index is 13.5. The van der Waals surface area contributed by atoms with Crippen LogP contribution >= 0.6 is 0 Å². The Kier molecular flexibility index (Phi) is 9.93. The Morgan fingerprint density at radius 2 is 1.80 bits per heavy atom. The minimum absolute atomic E-state index is 0.0148. The molecule has 8 nitrogen and oxygen atoms in total. The standard InChI is InChI=1S/C27H38N4O4/c1-19-18-31(4)26(32)23-16-22(30-27(33)29-21-11-6-5-7-12-21)13-14-24(23)35-20(2)10-8-9-15-34-25(19)17-28-3/h5-7,11-14,16,19-20,25,28H,8-10,15,17-18H2,1-4H3,(H2,29,30,33)/t19-,20+,25+/m1/s1. The number of nitrogens with one attached hydrogen (secondary N) is 3. The fourth-order valence-corrected chi connectivity index (χ4v) is 4.20. The van der Waals surface area contributed by atoms with Crippen molar-refractivity contribution in [2.75, 3.05) is 44.4 Å². The molecule has 0 aliphatic carbocycles. The van der Waals surface area contributed by atoms with Crippen LogP contribution in [-0.2, 0) is 4.74 Å². The molecule has 1 heterocycles. The number of amides is 3. The summed E-state index contributed by atoms with van der Waals surface area (Å²) in [5.74, 6) is 0.503. The Labute approximate surface area is 208 Å². The lowest BCUT2D eigenvalue weighted by Gasteiger charge is -2.29. The zero-order chi connectivity index (χ0) is 25.2. The van der Waals surface area contributed by atoms with Crippen LogP contribution in [0, 0.1) is 5.92 Å². The van der Waals surface area contributed by atoms with Crippen molar-refractivity contribution in [3.63, 3.8) is 0 Å². The van der Waals surface area contributed by atoms with E-state index in [9.17, 15) is 9.59 Å². The van der Waals surface area contributed by atoms with Crippen molar-refractivity contribution in [1.82, 2.24) is 10.2 Å². The highest BCUT2D eigenvalue weighted by molar-refractivity contribution is 6.02. The van der Waals surface area contributed by atoms with Crippen LogP contribution in [-0.4, -0.2) is 62.8 Å². The normalized spacial score (nSPS) is 21.9. The second-order valence-corrected chi connectivity index (χ2v) is 9.21. The van der Waals surface area contributed by atoms with Gasteiger partial charge < -0.3 is 30.3 Å². The van der Waals surface area contributed by atoms with Crippen LogP contribution in [0.15, 0.2) is 48.5 Å². The molecular weight excluding hydrogens is 444 g/mol. The molecule has 3 amide bonds. The van der Waals surface area contributed by atoms with E-state index in [1.54, 1.807) is 30.1 Å². The van der Waals surface area contributed by atoms with Gasteiger partial charge in [-0.3, -0.25) is 4.79 Å². The predicted molar refractivity (Wildman–Crippen MR) is 139 cm³/mol. The summed E-state index contributed by atoms with van der Waals surface area (Å²) in [6.45, 7) is 6.06. The molecule has 35 heavy (non-hydrogen) atoms. The highest BCUT2D eigenvalue weighted by Gasteiger charge is 2.25. The lowest BCUT2D eigenvalue weighted by molar-refractivity contribution is 0.00768. The molecule has 1 aliphatic heterocycles. The average molecular weight is 483 g/mol. The van der Waals surface area contributed by atoms with E-state index < -0.39 is 0 Å². The molecule has 2 aromatic carbocycles. The number of carbonyl (C=O) groups is 2.